The molecule has 0 aliphatic carbocycles. The molecule has 2 heterocycles. The maximum Gasteiger partial charge on any atom is 0.205 e. The van der Waals surface area contributed by atoms with Crippen molar-refractivity contribution >= 4 is 38.1 Å². The molecule has 1 saturated heterocycles. The molecule has 1 aliphatic rings. The van der Waals surface area contributed by atoms with E-state index in [-0.39, 0.29) is 0 Å². The van der Waals surface area contributed by atoms with Crippen LogP contribution in [-0.2, 0) is 16.4 Å². The van der Waals surface area contributed by atoms with Gasteiger partial charge in [-0.2, -0.15) is 11.8 Å². The summed E-state index contributed by atoms with van der Waals surface area (Å²) in [5, 5.41) is 12.7. The lowest BCUT2D eigenvalue weighted by molar-refractivity contribution is 0.261. The lowest BCUT2D eigenvalue weighted by atomic mass is 10.4. The Morgan fingerprint density at radius 1 is 1.45 bits per heavy atom. The quantitative estimate of drug-likeness (QED) is 0.838. The number of hydrogen-bond donors (Lipinski definition) is 1. The highest BCUT2D eigenvalue weighted by Crippen LogP contribution is 2.24. The van der Waals surface area contributed by atoms with Crippen LogP contribution in [-0.4, -0.2) is 59.7 Å². The van der Waals surface area contributed by atoms with Crippen LogP contribution in [0.4, 0.5) is 5.13 Å². The zero-order valence-corrected chi connectivity index (χ0v) is 14.2. The zero-order chi connectivity index (χ0) is 14.6. The fourth-order valence-electron chi connectivity index (χ4n) is 1.99. The standard InChI is InChI=1S/C11H20N4O2S3/c1-3-4-12-11-14-13-9(19-11)7-15-5-6-18-8-10(15)20(2,16)17/h10H,3-8H2,1-2H3,(H,12,14). The molecule has 114 valence electrons. The topological polar surface area (TPSA) is 75.2 Å². The number of nitrogens with zero attached hydrogens (tertiary/aromatic N) is 3. The van der Waals surface area contributed by atoms with Crippen LogP contribution >= 0.6 is 23.1 Å². The van der Waals surface area contributed by atoms with Crippen molar-refractivity contribution in [2.75, 3.05) is 36.2 Å². The molecule has 0 saturated carbocycles. The SMILES string of the molecule is CCCNc1nnc(CN2CCSCC2S(C)(=O)=O)s1. The summed E-state index contributed by atoms with van der Waals surface area (Å²) in [5.41, 5.74) is 0. The summed E-state index contributed by atoms with van der Waals surface area (Å²) in [6.45, 7) is 4.31. The monoisotopic (exact) mass is 336 g/mol. The second-order valence-electron chi connectivity index (χ2n) is 4.76. The van der Waals surface area contributed by atoms with Crippen molar-refractivity contribution < 1.29 is 8.42 Å². The molecule has 1 atom stereocenters. The van der Waals surface area contributed by atoms with Gasteiger partial charge in [0.2, 0.25) is 5.13 Å². The van der Waals surface area contributed by atoms with E-state index in [0.717, 1.165) is 35.4 Å². The minimum atomic E-state index is -3.06. The minimum absolute atomic E-state index is 0.405. The fraction of sp³-hybridized carbons (Fsp3) is 0.818. The number of anilines is 1. The number of hydrogen-bond acceptors (Lipinski definition) is 8. The summed E-state index contributed by atoms with van der Waals surface area (Å²) in [6, 6.07) is 0. The first-order valence-electron chi connectivity index (χ1n) is 6.57. The van der Waals surface area contributed by atoms with E-state index in [1.54, 1.807) is 11.8 Å². The summed E-state index contributed by atoms with van der Waals surface area (Å²) in [7, 11) is -3.06. The Bertz CT molecular complexity index is 532. The first-order chi connectivity index (χ1) is 9.50. The molecular formula is C11H20N4O2S3. The fourth-order valence-corrected chi connectivity index (χ4v) is 5.72. The smallest absolute Gasteiger partial charge is 0.205 e. The van der Waals surface area contributed by atoms with Gasteiger partial charge in [-0.15, -0.1) is 10.2 Å². The van der Waals surface area contributed by atoms with E-state index >= 15 is 0 Å². The Morgan fingerprint density at radius 3 is 2.95 bits per heavy atom. The Hall–Kier alpha value is -0.380. The maximum absolute atomic E-state index is 11.8. The Morgan fingerprint density at radius 2 is 2.25 bits per heavy atom. The van der Waals surface area contributed by atoms with E-state index in [9.17, 15) is 8.42 Å². The van der Waals surface area contributed by atoms with Crippen molar-refractivity contribution in [3.8, 4) is 0 Å². The van der Waals surface area contributed by atoms with Gasteiger partial charge >= 0.3 is 0 Å². The largest absolute Gasteiger partial charge is 0.360 e. The number of nitrogens with one attached hydrogen (secondary N) is 1. The second kappa shape index (κ2) is 7.06. The highest BCUT2D eigenvalue weighted by Gasteiger charge is 2.31. The predicted molar refractivity (Wildman–Crippen MR) is 85.1 cm³/mol. The molecule has 9 heteroatoms. The van der Waals surface area contributed by atoms with Crippen molar-refractivity contribution in [2.24, 2.45) is 0 Å². The van der Waals surface area contributed by atoms with E-state index in [4.69, 9.17) is 0 Å². The normalized spacial score (nSPS) is 21.0. The van der Waals surface area contributed by atoms with E-state index in [2.05, 4.69) is 22.4 Å². The average Bonchev–Trinajstić information content (AvgIpc) is 2.83. The number of aromatic nitrogens is 2. The van der Waals surface area contributed by atoms with Crippen LogP contribution in [0.2, 0.25) is 0 Å². The van der Waals surface area contributed by atoms with E-state index in [1.807, 2.05) is 4.90 Å². The molecule has 1 unspecified atom stereocenters. The number of rotatable bonds is 6. The molecule has 0 spiro atoms. The molecule has 0 bridgehead atoms. The van der Waals surface area contributed by atoms with Crippen LogP contribution in [0.3, 0.4) is 0 Å². The predicted octanol–water partition coefficient (Wildman–Crippen LogP) is 1.28. The van der Waals surface area contributed by atoms with Crippen molar-refractivity contribution in [3.63, 3.8) is 0 Å². The Kier molecular flexibility index (Phi) is 5.65. The third kappa shape index (κ3) is 4.31. The van der Waals surface area contributed by atoms with Gasteiger partial charge in [-0.25, -0.2) is 8.42 Å². The second-order valence-corrected chi connectivity index (χ2v) is 9.17. The van der Waals surface area contributed by atoms with Crippen LogP contribution in [0.15, 0.2) is 0 Å². The third-order valence-electron chi connectivity index (χ3n) is 3.02. The first kappa shape index (κ1) is 16.0. The molecule has 1 aliphatic heterocycles. The van der Waals surface area contributed by atoms with Crippen molar-refractivity contribution in [2.45, 2.75) is 25.3 Å². The molecule has 1 fully saturated rings. The van der Waals surface area contributed by atoms with Gasteiger partial charge in [0.25, 0.3) is 0 Å². The van der Waals surface area contributed by atoms with Gasteiger partial charge in [0.05, 0.1) is 6.54 Å². The lowest BCUT2D eigenvalue weighted by Crippen LogP contribution is -2.46. The highest BCUT2D eigenvalue weighted by atomic mass is 32.2. The molecule has 0 aromatic carbocycles. The molecule has 1 N–H and O–H groups in total. The molecule has 0 amide bonds. The first-order valence-corrected chi connectivity index (χ1v) is 10.5. The molecule has 2 rings (SSSR count). The summed E-state index contributed by atoms with van der Waals surface area (Å²) >= 11 is 3.20. The minimum Gasteiger partial charge on any atom is -0.360 e. The van der Waals surface area contributed by atoms with Gasteiger partial charge in [0.15, 0.2) is 9.84 Å². The van der Waals surface area contributed by atoms with Crippen molar-refractivity contribution in [1.82, 2.24) is 15.1 Å². The van der Waals surface area contributed by atoms with Crippen LogP contribution in [0.5, 0.6) is 0 Å². The van der Waals surface area contributed by atoms with Crippen molar-refractivity contribution in [1.29, 1.82) is 0 Å². The molecule has 20 heavy (non-hydrogen) atoms. The summed E-state index contributed by atoms with van der Waals surface area (Å²) in [6.07, 6.45) is 2.35. The van der Waals surface area contributed by atoms with Gasteiger partial charge in [0.1, 0.15) is 10.4 Å². The summed E-state index contributed by atoms with van der Waals surface area (Å²) in [5.74, 6) is 1.60. The van der Waals surface area contributed by atoms with Crippen LogP contribution in [0.25, 0.3) is 0 Å². The maximum atomic E-state index is 11.8. The van der Waals surface area contributed by atoms with Crippen LogP contribution < -0.4 is 5.32 Å². The molecule has 0 radical (unpaired) electrons. The highest BCUT2D eigenvalue weighted by molar-refractivity contribution is 8.00. The molecule has 1 aromatic heterocycles. The van der Waals surface area contributed by atoms with E-state index in [1.165, 1.54) is 17.6 Å². The van der Waals surface area contributed by atoms with Crippen LogP contribution in [0.1, 0.15) is 18.4 Å². The van der Waals surface area contributed by atoms with Gasteiger partial charge < -0.3 is 5.32 Å². The van der Waals surface area contributed by atoms with Gasteiger partial charge in [-0.3, -0.25) is 4.90 Å². The van der Waals surface area contributed by atoms with Crippen LogP contribution in [0, 0.1) is 0 Å². The zero-order valence-electron chi connectivity index (χ0n) is 11.7. The van der Waals surface area contributed by atoms with Gasteiger partial charge in [-0.1, -0.05) is 18.3 Å². The average molecular weight is 337 g/mol. The summed E-state index contributed by atoms with van der Waals surface area (Å²) in [4.78, 5) is 2.00. The molecule has 6 nitrogen and oxygen atoms in total. The van der Waals surface area contributed by atoms with Gasteiger partial charge in [-0.05, 0) is 6.42 Å². The lowest BCUT2D eigenvalue weighted by Gasteiger charge is -2.33. The number of thioether (sulfide) groups is 1. The Balaban J connectivity index is 2.01. The van der Waals surface area contributed by atoms with E-state index < -0.39 is 15.2 Å². The van der Waals surface area contributed by atoms with E-state index in [0.29, 0.717) is 12.3 Å². The van der Waals surface area contributed by atoms with Crippen molar-refractivity contribution in [3.05, 3.63) is 5.01 Å². The Labute approximate surface area is 128 Å². The summed E-state index contributed by atoms with van der Waals surface area (Å²) < 4.78 is 23.7. The molecule has 1 aromatic rings. The number of sulfone groups is 1. The molecular weight excluding hydrogens is 316 g/mol. The third-order valence-corrected chi connectivity index (χ3v) is 6.57. The van der Waals surface area contributed by atoms with Gasteiger partial charge in [0, 0.05) is 30.9 Å².